The summed E-state index contributed by atoms with van der Waals surface area (Å²) < 4.78 is 29.2. The molecule has 1 saturated heterocycles. The summed E-state index contributed by atoms with van der Waals surface area (Å²) in [6.45, 7) is 5.51. The Kier molecular flexibility index (Phi) is 5.81. The molecule has 1 heterocycles. The lowest BCUT2D eigenvalue weighted by molar-refractivity contribution is -0.121. The predicted octanol–water partition coefficient (Wildman–Crippen LogP) is 3.25. The Labute approximate surface area is 172 Å². The van der Waals surface area contributed by atoms with E-state index in [1.807, 2.05) is 6.92 Å². The van der Waals surface area contributed by atoms with Gasteiger partial charge < -0.3 is 10.2 Å². The number of hydrogen-bond acceptors (Lipinski definition) is 6. The summed E-state index contributed by atoms with van der Waals surface area (Å²) in [6, 6.07) is 10.2. The van der Waals surface area contributed by atoms with Gasteiger partial charge in [-0.25, -0.2) is 0 Å². The average molecular weight is 431 g/mol. The van der Waals surface area contributed by atoms with Crippen molar-refractivity contribution in [3.05, 3.63) is 71.2 Å². The molecule has 3 rings (SSSR count). The fourth-order valence-corrected chi connectivity index (χ4v) is 4.71. The SMILES string of the molecule is C=CCN1C(=O)C(=Cc2ccc(O)cc2O)SC1=NS(=O)(=O)c1ccc(C)cc1. The van der Waals surface area contributed by atoms with Gasteiger partial charge in [0.15, 0.2) is 5.17 Å². The van der Waals surface area contributed by atoms with E-state index in [9.17, 15) is 23.4 Å². The molecule has 1 fully saturated rings. The molecule has 0 unspecified atom stereocenters. The van der Waals surface area contributed by atoms with Crippen LogP contribution in [0.3, 0.4) is 0 Å². The van der Waals surface area contributed by atoms with Gasteiger partial charge in [-0.3, -0.25) is 9.69 Å². The quantitative estimate of drug-likeness (QED) is 0.557. The van der Waals surface area contributed by atoms with E-state index in [0.29, 0.717) is 5.56 Å². The van der Waals surface area contributed by atoms with Crippen molar-refractivity contribution in [3.63, 3.8) is 0 Å². The van der Waals surface area contributed by atoms with Gasteiger partial charge in [0.1, 0.15) is 11.5 Å². The molecule has 1 amide bonds. The van der Waals surface area contributed by atoms with E-state index in [-0.39, 0.29) is 33.0 Å². The summed E-state index contributed by atoms with van der Waals surface area (Å²) in [6.07, 6.45) is 2.88. The van der Waals surface area contributed by atoms with Crippen molar-refractivity contribution in [1.29, 1.82) is 0 Å². The Morgan fingerprint density at radius 1 is 1.17 bits per heavy atom. The number of sulfonamides is 1. The van der Waals surface area contributed by atoms with Crippen LogP contribution in [-0.4, -0.2) is 41.2 Å². The van der Waals surface area contributed by atoms with E-state index in [2.05, 4.69) is 11.0 Å². The summed E-state index contributed by atoms with van der Waals surface area (Å²) >= 11 is 0.886. The molecule has 1 aliphatic rings. The van der Waals surface area contributed by atoms with Crippen molar-refractivity contribution < 1.29 is 23.4 Å². The molecule has 0 atom stereocenters. The number of aryl methyl sites for hydroxylation is 1. The molecule has 0 bridgehead atoms. The van der Waals surface area contributed by atoms with Gasteiger partial charge in [0, 0.05) is 18.2 Å². The highest BCUT2D eigenvalue weighted by atomic mass is 32.2. The van der Waals surface area contributed by atoms with Crippen LogP contribution >= 0.6 is 11.8 Å². The van der Waals surface area contributed by atoms with Crippen molar-refractivity contribution in [3.8, 4) is 11.5 Å². The second kappa shape index (κ2) is 8.14. The summed E-state index contributed by atoms with van der Waals surface area (Å²) in [4.78, 5) is 14.1. The minimum Gasteiger partial charge on any atom is -0.508 e. The number of nitrogens with zero attached hydrogens (tertiary/aromatic N) is 2. The lowest BCUT2D eigenvalue weighted by atomic mass is 10.1. The zero-order chi connectivity index (χ0) is 21.2. The van der Waals surface area contributed by atoms with Crippen LogP contribution in [0.4, 0.5) is 0 Å². The van der Waals surface area contributed by atoms with E-state index in [0.717, 1.165) is 23.4 Å². The predicted molar refractivity (Wildman–Crippen MR) is 113 cm³/mol. The Bertz CT molecular complexity index is 1140. The molecule has 2 aromatic rings. The number of benzene rings is 2. The lowest BCUT2D eigenvalue weighted by Gasteiger charge is -2.12. The first-order chi connectivity index (χ1) is 13.7. The van der Waals surface area contributed by atoms with Crippen LogP contribution in [0.5, 0.6) is 11.5 Å². The summed E-state index contributed by atoms with van der Waals surface area (Å²) in [5.41, 5.74) is 1.22. The van der Waals surface area contributed by atoms with E-state index >= 15 is 0 Å². The summed E-state index contributed by atoms with van der Waals surface area (Å²) in [5.74, 6) is -0.783. The normalized spacial score (nSPS) is 17.3. The summed E-state index contributed by atoms with van der Waals surface area (Å²) in [5, 5.41) is 19.3. The van der Waals surface area contributed by atoms with Crippen molar-refractivity contribution in [2.24, 2.45) is 4.40 Å². The van der Waals surface area contributed by atoms with Gasteiger partial charge in [-0.05, 0) is 49.0 Å². The van der Waals surface area contributed by atoms with Crippen molar-refractivity contribution in [2.75, 3.05) is 6.54 Å². The van der Waals surface area contributed by atoms with Gasteiger partial charge in [0.05, 0.1) is 9.80 Å². The third-order valence-corrected chi connectivity index (χ3v) is 6.42. The monoisotopic (exact) mass is 430 g/mol. The third-order valence-electron chi connectivity index (χ3n) is 4.02. The van der Waals surface area contributed by atoms with E-state index in [1.54, 1.807) is 12.1 Å². The number of phenols is 2. The van der Waals surface area contributed by atoms with Gasteiger partial charge in [-0.2, -0.15) is 8.42 Å². The van der Waals surface area contributed by atoms with Crippen molar-refractivity contribution in [1.82, 2.24) is 4.90 Å². The van der Waals surface area contributed by atoms with Crippen LogP contribution in [0, 0.1) is 6.92 Å². The molecule has 29 heavy (non-hydrogen) atoms. The van der Waals surface area contributed by atoms with E-state index in [1.165, 1.54) is 41.3 Å². The minimum atomic E-state index is -4.02. The molecule has 7 nitrogen and oxygen atoms in total. The second-order valence-electron chi connectivity index (χ2n) is 6.22. The molecule has 150 valence electrons. The lowest BCUT2D eigenvalue weighted by Crippen LogP contribution is -2.29. The first kappa shape index (κ1) is 20.7. The van der Waals surface area contributed by atoms with Crippen LogP contribution in [-0.2, 0) is 14.8 Å². The fraction of sp³-hybridized carbons (Fsp3) is 0.100. The zero-order valence-corrected chi connectivity index (χ0v) is 17.1. The molecular weight excluding hydrogens is 412 g/mol. The zero-order valence-electron chi connectivity index (χ0n) is 15.4. The van der Waals surface area contributed by atoms with Gasteiger partial charge in [0.2, 0.25) is 0 Å². The highest BCUT2D eigenvalue weighted by Crippen LogP contribution is 2.35. The van der Waals surface area contributed by atoms with Crippen LogP contribution in [0.25, 0.3) is 6.08 Å². The first-order valence-corrected chi connectivity index (χ1v) is 10.7. The molecular formula is C20H18N2O5S2. The maximum Gasteiger partial charge on any atom is 0.284 e. The topological polar surface area (TPSA) is 107 Å². The fourth-order valence-electron chi connectivity index (χ4n) is 2.53. The third kappa shape index (κ3) is 4.52. The molecule has 2 aromatic carbocycles. The van der Waals surface area contributed by atoms with Crippen LogP contribution in [0.15, 0.2) is 69.3 Å². The molecule has 0 aromatic heterocycles. The van der Waals surface area contributed by atoms with E-state index in [4.69, 9.17) is 0 Å². The number of rotatable bonds is 5. The minimum absolute atomic E-state index is 0.00000635. The highest BCUT2D eigenvalue weighted by Gasteiger charge is 2.34. The molecule has 9 heteroatoms. The van der Waals surface area contributed by atoms with Crippen LogP contribution in [0.1, 0.15) is 11.1 Å². The molecule has 2 N–H and O–H groups in total. The van der Waals surface area contributed by atoms with Gasteiger partial charge >= 0.3 is 0 Å². The Hall–Kier alpha value is -3.04. The number of amides is 1. The van der Waals surface area contributed by atoms with Gasteiger partial charge in [-0.15, -0.1) is 11.0 Å². The number of carbonyl (C=O) groups excluding carboxylic acids is 1. The highest BCUT2D eigenvalue weighted by molar-refractivity contribution is 8.19. The number of carbonyl (C=O) groups is 1. The maximum absolute atomic E-state index is 12.7. The van der Waals surface area contributed by atoms with Crippen molar-refractivity contribution >= 4 is 38.9 Å². The molecule has 0 saturated carbocycles. The molecule has 1 aliphatic heterocycles. The Morgan fingerprint density at radius 2 is 1.86 bits per heavy atom. The number of hydrogen-bond donors (Lipinski definition) is 2. The maximum atomic E-state index is 12.7. The largest absolute Gasteiger partial charge is 0.508 e. The van der Waals surface area contributed by atoms with E-state index < -0.39 is 15.9 Å². The molecule has 0 spiro atoms. The molecule has 0 aliphatic carbocycles. The Morgan fingerprint density at radius 3 is 2.48 bits per heavy atom. The smallest absolute Gasteiger partial charge is 0.284 e. The number of aromatic hydroxyl groups is 2. The Balaban J connectivity index is 2.01. The average Bonchev–Trinajstić information content (AvgIpc) is 2.93. The van der Waals surface area contributed by atoms with Gasteiger partial charge in [0.25, 0.3) is 15.9 Å². The summed E-state index contributed by atoms with van der Waals surface area (Å²) in [7, 11) is -4.02. The van der Waals surface area contributed by atoms with Crippen LogP contribution in [0.2, 0.25) is 0 Å². The van der Waals surface area contributed by atoms with Crippen LogP contribution < -0.4 is 0 Å². The standard InChI is InChI=1S/C20H18N2O5S2/c1-3-10-22-19(25)18(11-14-6-7-15(23)12-17(14)24)28-20(22)21-29(26,27)16-8-4-13(2)5-9-16/h3-9,11-12,23-24H,1,10H2,2H3. The number of phenolic OH excluding ortho intramolecular Hbond substituents is 2. The van der Waals surface area contributed by atoms with Gasteiger partial charge in [-0.1, -0.05) is 23.8 Å². The number of thioether (sulfide) groups is 1. The second-order valence-corrected chi connectivity index (χ2v) is 8.83. The number of amidine groups is 1. The first-order valence-electron chi connectivity index (χ1n) is 8.47. The molecule has 0 radical (unpaired) electrons. The van der Waals surface area contributed by atoms with Crippen molar-refractivity contribution in [2.45, 2.75) is 11.8 Å².